The molecule has 1 unspecified atom stereocenters. The average molecular weight is 661 g/mol. The molecule has 2 amide bonds. The van der Waals surface area contributed by atoms with Crippen LogP contribution >= 0.6 is 36.1 Å². The zero-order valence-electron chi connectivity index (χ0n) is 25.2. The molecule has 3 fully saturated rings. The number of nitrogens with one attached hydrogen (secondary N) is 2. The van der Waals surface area contributed by atoms with Crippen LogP contribution in [0.15, 0.2) is 30.3 Å². The van der Waals surface area contributed by atoms with Crippen LogP contribution in [0.25, 0.3) is 0 Å². The zero-order valence-corrected chi connectivity index (χ0v) is 28.5. The van der Waals surface area contributed by atoms with Crippen LogP contribution in [0.5, 0.6) is 0 Å². The highest BCUT2D eigenvalue weighted by molar-refractivity contribution is 8.00. The van der Waals surface area contributed by atoms with E-state index in [0.717, 1.165) is 32.5 Å². The summed E-state index contributed by atoms with van der Waals surface area (Å²) >= 11 is 3.00. The monoisotopic (exact) mass is 660 g/mol. The number of thioether (sulfide) groups is 1. The summed E-state index contributed by atoms with van der Waals surface area (Å²) in [7, 11) is -3.53. The lowest BCUT2D eigenvalue weighted by Crippen LogP contribution is -2.53. The molecule has 4 rings (SSSR count). The van der Waals surface area contributed by atoms with E-state index in [-0.39, 0.29) is 35.9 Å². The van der Waals surface area contributed by atoms with Gasteiger partial charge in [-0.2, -0.15) is 4.31 Å². The SMILES string of the molecule is CC(C)CS(=O)(=O)N1CSC[C@H]1C(=O)N[C@H](C)C(=O)NSC(C1CCCCC1)C1CCN(Cc2ccccc2)CC1.Cl. The molecule has 3 aliphatic rings. The highest BCUT2D eigenvalue weighted by atomic mass is 35.5. The van der Waals surface area contributed by atoms with Crippen LogP contribution in [0, 0.1) is 17.8 Å². The zero-order chi connectivity index (χ0) is 29.4. The number of carbonyl (C=O) groups excluding carboxylic acids is 2. The van der Waals surface area contributed by atoms with Crippen LogP contribution in [-0.2, 0) is 26.2 Å². The van der Waals surface area contributed by atoms with Crippen LogP contribution in [0.4, 0.5) is 0 Å². The molecule has 1 aromatic rings. The van der Waals surface area contributed by atoms with Crippen LogP contribution < -0.4 is 10.0 Å². The van der Waals surface area contributed by atoms with Gasteiger partial charge in [0.15, 0.2) is 0 Å². The van der Waals surface area contributed by atoms with E-state index in [1.54, 1.807) is 18.9 Å². The molecular weight excluding hydrogens is 612 g/mol. The summed E-state index contributed by atoms with van der Waals surface area (Å²) in [5.74, 6) is 1.19. The molecular formula is C30H49ClN4O4S3. The number of sulfonamides is 1. The lowest BCUT2D eigenvalue weighted by Gasteiger charge is -2.40. The Labute approximate surface area is 267 Å². The first kappa shape index (κ1) is 35.5. The van der Waals surface area contributed by atoms with Gasteiger partial charge in [0.1, 0.15) is 12.1 Å². The number of hydrogen-bond donors (Lipinski definition) is 2. The van der Waals surface area contributed by atoms with Gasteiger partial charge in [0.2, 0.25) is 15.9 Å². The molecule has 8 nitrogen and oxygen atoms in total. The van der Waals surface area contributed by atoms with E-state index in [0.29, 0.717) is 22.8 Å². The third-order valence-electron chi connectivity index (χ3n) is 8.55. The van der Waals surface area contributed by atoms with Gasteiger partial charge in [-0.3, -0.25) is 19.2 Å². The smallest absolute Gasteiger partial charge is 0.252 e. The number of carbonyl (C=O) groups is 2. The second-order valence-corrected chi connectivity index (χ2v) is 16.3. The summed E-state index contributed by atoms with van der Waals surface area (Å²) in [6.45, 7) is 8.51. The molecule has 42 heavy (non-hydrogen) atoms. The third-order valence-corrected chi connectivity index (χ3v) is 13.3. The molecule has 2 N–H and O–H groups in total. The van der Waals surface area contributed by atoms with E-state index in [9.17, 15) is 18.0 Å². The van der Waals surface area contributed by atoms with Crippen LogP contribution in [0.1, 0.15) is 71.3 Å². The first-order valence-corrected chi connectivity index (χ1v) is 18.9. The number of halogens is 1. The number of nitrogens with zero attached hydrogens (tertiary/aromatic N) is 2. The maximum atomic E-state index is 13.2. The predicted molar refractivity (Wildman–Crippen MR) is 177 cm³/mol. The van der Waals surface area contributed by atoms with Crippen molar-refractivity contribution in [3.63, 3.8) is 0 Å². The average Bonchev–Trinajstić information content (AvgIpc) is 3.46. The molecule has 0 spiro atoms. The first-order chi connectivity index (χ1) is 19.6. The van der Waals surface area contributed by atoms with Crippen LogP contribution in [0.3, 0.4) is 0 Å². The van der Waals surface area contributed by atoms with Gasteiger partial charge in [-0.1, -0.05) is 63.4 Å². The van der Waals surface area contributed by atoms with Crippen molar-refractivity contribution in [1.29, 1.82) is 0 Å². The molecule has 1 aliphatic carbocycles. The van der Waals surface area contributed by atoms with E-state index < -0.39 is 28.0 Å². The van der Waals surface area contributed by atoms with Gasteiger partial charge in [-0.05, 0) is 81.0 Å². The van der Waals surface area contributed by atoms with Crippen molar-refractivity contribution in [3.8, 4) is 0 Å². The fourth-order valence-electron chi connectivity index (χ4n) is 6.34. The van der Waals surface area contributed by atoms with Gasteiger partial charge in [-0.15, -0.1) is 24.2 Å². The minimum absolute atomic E-state index is 0. The Morgan fingerprint density at radius 1 is 1.00 bits per heavy atom. The van der Waals surface area contributed by atoms with Crippen LogP contribution in [-0.4, -0.2) is 77.2 Å². The molecule has 12 heteroatoms. The lowest BCUT2D eigenvalue weighted by atomic mass is 9.79. The minimum atomic E-state index is -3.53. The Kier molecular flexibility index (Phi) is 14.3. The molecule has 2 saturated heterocycles. The van der Waals surface area contributed by atoms with Crippen molar-refractivity contribution in [2.75, 3.05) is 30.5 Å². The minimum Gasteiger partial charge on any atom is -0.343 e. The van der Waals surface area contributed by atoms with Gasteiger partial charge >= 0.3 is 0 Å². The van der Waals surface area contributed by atoms with E-state index in [1.165, 1.54) is 53.7 Å². The molecule has 2 heterocycles. The topological polar surface area (TPSA) is 98.8 Å². The molecule has 1 aromatic carbocycles. The van der Waals surface area contributed by atoms with Gasteiger partial charge in [0, 0.05) is 17.5 Å². The Morgan fingerprint density at radius 2 is 1.64 bits per heavy atom. The molecule has 0 aromatic heterocycles. The third kappa shape index (κ3) is 10.0. The normalized spacial score (nSPS) is 22.8. The number of amides is 2. The summed E-state index contributed by atoms with van der Waals surface area (Å²) in [6, 6.07) is 9.12. The number of benzene rings is 1. The highest BCUT2D eigenvalue weighted by Gasteiger charge is 2.40. The van der Waals surface area contributed by atoms with Crippen molar-refractivity contribution in [1.82, 2.24) is 19.2 Å². The number of hydrogen-bond acceptors (Lipinski definition) is 7. The molecule has 0 bridgehead atoms. The molecule has 2 aliphatic heterocycles. The second kappa shape index (κ2) is 16.9. The summed E-state index contributed by atoms with van der Waals surface area (Å²) in [4.78, 5) is 28.8. The summed E-state index contributed by atoms with van der Waals surface area (Å²) < 4.78 is 30.0. The van der Waals surface area contributed by atoms with Gasteiger partial charge in [0.25, 0.3) is 5.91 Å². The van der Waals surface area contributed by atoms with E-state index in [2.05, 4.69) is 45.3 Å². The van der Waals surface area contributed by atoms with Crippen molar-refractivity contribution >= 4 is 58.0 Å². The van der Waals surface area contributed by atoms with E-state index in [4.69, 9.17) is 0 Å². The van der Waals surface area contributed by atoms with Crippen molar-refractivity contribution in [2.24, 2.45) is 17.8 Å². The summed E-state index contributed by atoms with van der Waals surface area (Å²) in [5, 5.41) is 3.16. The Balaban J connectivity index is 0.00000484. The fraction of sp³-hybridized carbons (Fsp3) is 0.733. The molecule has 1 saturated carbocycles. The van der Waals surface area contributed by atoms with Crippen LogP contribution in [0.2, 0.25) is 0 Å². The summed E-state index contributed by atoms with van der Waals surface area (Å²) in [6.07, 6.45) is 8.48. The predicted octanol–water partition coefficient (Wildman–Crippen LogP) is 4.90. The Hall–Kier alpha value is -0.980. The number of rotatable bonds is 12. The quantitative estimate of drug-likeness (QED) is 0.308. The van der Waals surface area contributed by atoms with E-state index in [1.807, 2.05) is 13.8 Å². The maximum absolute atomic E-state index is 13.2. The van der Waals surface area contributed by atoms with Gasteiger partial charge in [0.05, 0.1) is 11.6 Å². The van der Waals surface area contributed by atoms with Gasteiger partial charge < -0.3 is 5.32 Å². The maximum Gasteiger partial charge on any atom is 0.252 e. The largest absolute Gasteiger partial charge is 0.343 e. The number of likely N-dealkylation sites (tertiary alicyclic amines) is 1. The fourth-order valence-corrected chi connectivity index (χ4v) is 11.3. The first-order valence-electron chi connectivity index (χ1n) is 15.2. The second-order valence-electron chi connectivity index (χ2n) is 12.4. The molecule has 238 valence electrons. The van der Waals surface area contributed by atoms with Crippen molar-refractivity contribution < 1.29 is 18.0 Å². The molecule has 0 radical (unpaired) electrons. The number of piperidine rings is 1. The van der Waals surface area contributed by atoms with Crippen molar-refractivity contribution in [3.05, 3.63) is 35.9 Å². The van der Waals surface area contributed by atoms with Gasteiger partial charge in [-0.25, -0.2) is 8.42 Å². The standard InChI is InChI=1S/C30H48N4O4S3.ClH/c1-22(2)20-41(37,38)34-21-39-19-27(34)30(36)31-23(3)29(35)32-40-28(25-12-8-5-9-13-25)26-14-16-33(17-15-26)18-24-10-6-4-7-11-24;/h4,6-7,10-11,22-23,25-28H,5,8-9,12-21H2,1-3H3,(H,31,36)(H,32,35);1H/t23-,27+,28?;/m1./s1. The lowest BCUT2D eigenvalue weighted by molar-refractivity contribution is -0.129. The van der Waals surface area contributed by atoms with Crippen molar-refractivity contribution in [2.45, 2.75) is 89.6 Å². The summed E-state index contributed by atoms with van der Waals surface area (Å²) in [5.41, 5.74) is 1.35. The Bertz CT molecular complexity index is 1100. The van der Waals surface area contributed by atoms with E-state index >= 15 is 0 Å². The highest BCUT2D eigenvalue weighted by Crippen LogP contribution is 2.39. The molecule has 3 atom stereocenters. The Morgan fingerprint density at radius 3 is 2.29 bits per heavy atom.